The zero-order chi connectivity index (χ0) is 23.4. The molecule has 1 atom stereocenters. The van der Waals surface area contributed by atoms with Crippen LogP contribution in [0.15, 0.2) is 28.9 Å². The van der Waals surface area contributed by atoms with Crippen LogP contribution in [0.5, 0.6) is 5.75 Å². The summed E-state index contributed by atoms with van der Waals surface area (Å²) in [5.41, 5.74) is 1.27. The Balaban J connectivity index is 1.47. The van der Waals surface area contributed by atoms with Gasteiger partial charge in [-0.25, -0.2) is 14.2 Å². The highest BCUT2D eigenvalue weighted by atomic mass is 19.1. The highest BCUT2D eigenvalue weighted by molar-refractivity contribution is 5.74. The first-order chi connectivity index (χ1) is 15.9. The van der Waals surface area contributed by atoms with Crippen LogP contribution in [0, 0.1) is 18.2 Å². The second-order valence-electron chi connectivity index (χ2n) is 9.56. The lowest BCUT2D eigenvalue weighted by Gasteiger charge is -2.38. The molecule has 1 saturated carbocycles. The van der Waals surface area contributed by atoms with Gasteiger partial charge in [-0.1, -0.05) is 19.4 Å². The third-order valence-electron chi connectivity index (χ3n) is 6.77. The molecule has 8 heteroatoms. The van der Waals surface area contributed by atoms with Crippen LogP contribution in [-0.4, -0.2) is 53.6 Å². The summed E-state index contributed by atoms with van der Waals surface area (Å²) in [5, 5.41) is 3.26. The fourth-order valence-corrected chi connectivity index (χ4v) is 4.68. The van der Waals surface area contributed by atoms with Gasteiger partial charge in [-0.05, 0) is 45.3 Å². The van der Waals surface area contributed by atoms with Gasteiger partial charge in [-0.3, -0.25) is 0 Å². The zero-order valence-electron chi connectivity index (χ0n) is 19.9. The van der Waals surface area contributed by atoms with Crippen LogP contribution in [0.4, 0.5) is 9.18 Å². The van der Waals surface area contributed by atoms with Crippen molar-refractivity contribution in [3.8, 4) is 5.75 Å². The molecule has 1 spiro atoms. The summed E-state index contributed by atoms with van der Waals surface area (Å²) in [6, 6.07) is 4.81. The molecule has 2 heterocycles. The van der Waals surface area contributed by atoms with Crippen molar-refractivity contribution < 1.29 is 18.3 Å². The Kier molecular flexibility index (Phi) is 7.22. The van der Waals surface area contributed by atoms with Gasteiger partial charge >= 0.3 is 6.03 Å². The molecule has 2 aliphatic rings. The van der Waals surface area contributed by atoms with Crippen LogP contribution in [-0.2, 0) is 13.1 Å². The van der Waals surface area contributed by atoms with E-state index in [1.54, 1.807) is 30.2 Å². The van der Waals surface area contributed by atoms with E-state index in [1.165, 1.54) is 6.07 Å². The van der Waals surface area contributed by atoms with Crippen molar-refractivity contribution in [1.29, 1.82) is 0 Å². The normalized spacial score (nSPS) is 19.5. The number of carbonyl (C=O) groups excluding carboxylic acids is 1. The lowest BCUT2D eigenvalue weighted by Crippen LogP contribution is -2.54. The van der Waals surface area contributed by atoms with E-state index in [9.17, 15) is 9.18 Å². The number of hydrogen-bond donors (Lipinski definition) is 1. The summed E-state index contributed by atoms with van der Waals surface area (Å²) >= 11 is 0. The number of nitrogens with zero attached hydrogens (tertiary/aromatic N) is 3. The molecule has 1 aromatic heterocycles. The Morgan fingerprint density at radius 2 is 2.21 bits per heavy atom. The van der Waals surface area contributed by atoms with E-state index in [0.29, 0.717) is 29.5 Å². The lowest BCUT2D eigenvalue weighted by atomic mass is 9.89. The smallest absolute Gasteiger partial charge is 0.318 e. The molecule has 1 saturated heterocycles. The summed E-state index contributed by atoms with van der Waals surface area (Å²) in [7, 11) is 2.13. The van der Waals surface area contributed by atoms with Crippen molar-refractivity contribution in [2.75, 3.05) is 26.7 Å². The number of halogens is 1. The van der Waals surface area contributed by atoms with Crippen LogP contribution >= 0.6 is 0 Å². The molecule has 2 fully saturated rings. The number of benzene rings is 1. The molecular weight excluding hydrogens is 423 g/mol. The number of amides is 2. The van der Waals surface area contributed by atoms with Crippen molar-refractivity contribution in [2.24, 2.45) is 5.41 Å². The quantitative estimate of drug-likeness (QED) is 0.561. The molecule has 0 bridgehead atoms. The third-order valence-corrected chi connectivity index (χ3v) is 6.77. The SMILES string of the molecule is CCCCOc1ccc(CN(Cc2coc(C)n2)C(=O)N[C@H]2CCN(C)CC23CC3)c(F)c1. The molecule has 2 aromatic rings. The summed E-state index contributed by atoms with van der Waals surface area (Å²) in [5.74, 6) is 0.670. The van der Waals surface area contributed by atoms with Crippen molar-refractivity contribution in [1.82, 2.24) is 20.1 Å². The van der Waals surface area contributed by atoms with Gasteiger partial charge in [0.25, 0.3) is 0 Å². The minimum absolute atomic E-state index is 0.137. The van der Waals surface area contributed by atoms with Gasteiger partial charge in [0.15, 0.2) is 5.89 Å². The van der Waals surface area contributed by atoms with Gasteiger partial charge in [0.1, 0.15) is 17.8 Å². The maximum atomic E-state index is 14.9. The number of urea groups is 1. The molecule has 1 N–H and O–H groups in total. The van der Waals surface area contributed by atoms with Crippen LogP contribution in [0.2, 0.25) is 0 Å². The number of ether oxygens (including phenoxy) is 1. The molecule has 1 aliphatic heterocycles. The maximum absolute atomic E-state index is 14.9. The Labute approximate surface area is 195 Å². The number of aryl methyl sites for hydroxylation is 1. The number of oxazole rings is 1. The zero-order valence-corrected chi connectivity index (χ0v) is 19.9. The van der Waals surface area contributed by atoms with Crippen LogP contribution in [0.3, 0.4) is 0 Å². The van der Waals surface area contributed by atoms with E-state index in [-0.39, 0.29) is 36.4 Å². The van der Waals surface area contributed by atoms with Crippen LogP contribution in [0.1, 0.15) is 56.2 Å². The molecule has 7 nitrogen and oxygen atoms in total. The Morgan fingerprint density at radius 3 is 2.88 bits per heavy atom. The molecule has 180 valence electrons. The summed E-state index contributed by atoms with van der Waals surface area (Å²) in [6.45, 7) is 6.76. The number of rotatable bonds is 9. The number of unbranched alkanes of at least 4 members (excludes halogenated alkanes) is 1. The van der Waals surface area contributed by atoms with Crippen molar-refractivity contribution in [3.63, 3.8) is 0 Å². The van der Waals surface area contributed by atoms with Gasteiger partial charge in [0, 0.05) is 36.6 Å². The second kappa shape index (κ2) is 10.1. The van der Waals surface area contributed by atoms with Crippen molar-refractivity contribution in [3.05, 3.63) is 47.4 Å². The van der Waals surface area contributed by atoms with E-state index < -0.39 is 0 Å². The molecule has 1 aliphatic carbocycles. The minimum atomic E-state index is -0.379. The first-order valence-electron chi connectivity index (χ1n) is 11.9. The monoisotopic (exact) mass is 458 g/mol. The molecule has 0 radical (unpaired) electrons. The average molecular weight is 459 g/mol. The molecule has 33 heavy (non-hydrogen) atoms. The molecule has 4 rings (SSSR count). The predicted molar refractivity (Wildman–Crippen MR) is 123 cm³/mol. The van der Waals surface area contributed by atoms with E-state index in [0.717, 1.165) is 45.2 Å². The average Bonchev–Trinajstić information content (AvgIpc) is 3.42. The van der Waals surface area contributed by atoms with E-state index in [4.69, 9.17) is 9.15 Å². The van der Waals surface area contributed by atoms with Crippen LogP contribution in [0.25, 0.3) is 0 Å². The molecule has 2 amide bonds. The summed E-state index contributed by atoms with van der Waals surface area (Å²) < 4.78 is 25.8. The first-order valence-corrected chi connectivity index (χ1v) is 11.9. The molecular formula is C25H35FN4O3. The Hall–Kier alpha value is -2.61. The van der Waals surface area contributed by atoms with E-state index in [1.807, 2.05) is 0 Å². The van der Waals surface area contributed by atoms with E-state index >= 15 is 0 Å². The number of piperidine rings is 1. The summed E-state index contributed by atoms with van der Waals surface area (Å²) in [4.78, 5) is 21.7. The highest BCUT2D eigenvalue weighted by Gasteiger charge is 2.52. The Bertz CT molecular complexity index is 959. The fourth-order valence-electron chi connectivity index (χ4n) is 4.68. The lowest BCUT2D eigenvalue weighted by molar-refractivity contribution is 0.134. The largest absolute Gasteiger partial charge is 0.493 e. The predicted octanol–water partition coefficient (Wildman–Crippen LogP) is 4.50. The topological polar surface area (TPSA) is 70.8 Å². The van der Waals surface area contributed by atoms with E-state index in [2.05, 4.69) is 29.2 Å². The number of nitrogens with one attached hydrogen (secondary N) is 1. The van der Waals surface area contributed by atoms with Gasteiger partial charge in [-0.15, -0.1) is 0 Å². The van der Waals surface area contributed by atoms with Gasteiger partial charge in [0.05, 0.1) is 25.4 Å². The third kappa shape index (κ3) is 5.85. The highest BCUT2D eigenvalue weighted by Crippen LogP contribution is 2.52. The van der Waals surface area contributed by atoms with Gasteiger partial charge in [-0.2, -0.15) is 0 Å². The Morgan fingerprint density at radius 1 is 1.39 bits per heavy atom. The number of carbonyl (C=O) groups is 1. The fraction of sp³-hybridized carbons (Fsp3) is 0.600. The van der Waals surface area contributed by atoms with Gasteiger partial charge in [0.2, 0.25) is 0 Å². The van der Waals surface area contributed by atoms with Crippen LogP contribution < -0.4 is 10.1 Å². The number of aromatic nitrogens is 1. The standard InChI is InChI=1S/C25H35FN4O3/c1-4-5-12-32-21-7-6-19(22(26)13-21)14-30(15-20-16-33-18(2)27-20)24(31)28-23-8-11-29(3)17-25(23)9-10-25/h6-7,13,16,23H,4-5,8-12,14-15,17H2,1-3H3,(H,28,31)/t23-/m0/s1. The van der Waals surface area contributed by atoms with Crippen molar-refractivity contribution >= 4 is 6.03 Å². The van der Waals surface area contributed by atoms with Crippen molar-refractivity contribution in [2.45, 2.75) is 65.1 Å². The summed E-state index contributed by atoms with van der Waals surface area (Å²) in [6.07, 6.45) is 6.70. The molecule has 1 aromatic carbocycles. The van der Waals surface area contributed by atoms with Gasteiger partial charge < -0.3 is 24.3 Å². The molecule has 0 unspecified atom stereocenters. The minimum Gasteiger partial charge on any atom is -0.493 e. The number of likely N-dealkylation sites (tertiary alicyclic amines) is 1. The second-order valence-corrected chi connectivity index (χ2v) is 9.56. The first kappa shape index (κ1) is 23.5. The maximum Gasteiger partial charge on any atom is 0.318 e. The number of hydrogen-bond acceptors (Lipinski definition) is 5.